The van der Waals surface area contributed by atoms with Gasteiger partial charge in [-0.2, -0.15) is 15.5 Å². The molecule has 0 fully saturated rings. The summed E-state index contributed by atoms with van der Waals surface area (Å²) in [4.78, 5) is 12.6. The minimum atomic E-state index is -0.938. The number of thiophene rings is 1. The Bertz CT molecular complexity index is 1360. The van der Waals surface area contributed by atoms with Gasteiger partial charge in [-0.15, -0.1) is 11.3 Å². The van der Waals surface area contributed by atoms with Crippen LogP contribution < -0.4 is 10.1 Å². The predicted molar refractivity (Wildman–Crippen MR) is 111 cm³/mol. The highest BCUT2D eigenvalue weighted by Crippen LogP contribution is 2.35. The van der Waals surface area contributed by atoms with Gasteiger partial charge in [0.15, 0.2) is 11.6 Å². The van der Waals surface area contributed by atoms with Gasteiger partial charge in [-0.3, -0.25) is 0 Å². The van der Waals surface area contributed by atoms with Gasteiger partial charge in [0.25, 0.3) is 0 Å². The number of halogens is 2. The Hall–Kier alpha value is -4.41. The van der Waals surface area contributed by atoms with Crippen molar-refractivity contribution in [2.75, 3.05) is 5.32 Å². The maximum Gasteiger partial charge on any atom is 0.242 e. The van der Waals surface area contributed by atoms with E-state index in [1.165, 1.54) is 29.7 Å². The summed E-state index contributed by atoms with van der Waals surface area (Å²) in [6.45, 7) is 0. The fraction of sp³-hybridized carbons (Fsp3) is 0. The Morgan fingerprint density at radius 3 is 2.58 bits per heavy atom. The van der Waals surface area contributed by atoms with Crippen molar-refractivity contribution in [2.24, 2.45) is 0 Å². The molecule has 4 aromatic rings. The number of hydrogen-bond donors (Lipinski definition) is 1. The molecule has 1 aromatic carbocycles. The highest BCUT2D eigenvalue weighted by atomic mass is 32.1. The molecule has 0 aliphatic carbocycles. The summed E-state index contributed by atoms with van der Waals surface area (Å²) in [5.41, 5.74) is 1.48. The monoisotopic (exact) mass is 432 g/mol. The second-order valence-electron chi connectivity index (χ2n) is 6.03. The van der Waals surface area contributed by atoms with Crippen LogP contribution in [-0.2, 0) is 0 Å². The van der Waals surface area contributed by atoms with Gasteiger partial charge >= 0.3 is 0 Å². The number of aromatic nitrogens is 3. The molecule has 0 aliphatic heterocycles. The molecule has 0 amide bonds. The molecule has 0 aliphatic rings. The standard InChI is InChI=1S/C21H10F2N6OS/c22-15-8-12(2-1-6-24)9-16(23)18(15)30-20-19-17(5-7-31-19)28-21(29-20)27-14-4-3-13(10-25)26-11-14/h1-5,7-9,11H,(H,27,28,29)/b2-1+. The van der Waals surface area contributed by atoms with Gasteiger partial charge in [-0.25, -0.2) is 18.7 Å². The molecule has 0 saturated heterocycles. The number of allylic oxidation sites excluding steroid dienone is 1. The molecule has 0 spiro atoms. The minimum absolute atomic E-state index is 0.0257. The van der Waals surface area contributed by atoms with E-state index in [0.717, 1.165) is 18.2 Å². The first-order valence-electron chi connectivity index (χ1n) is 8.69. The van der Waals surface area contributed by atoms with Crippen LogP contribution in [0.3, 0.4) is 0 Å². The zero-order valence-electron chi connectivity index (χ0n) is 15.5. The fourth-order valence-corrected chi connectivity index (χ4v) is 3.38. The van der Waals surface area contributed by atoms with Crippen molar-refractivity contribution in [1.82, 2.24) is 15.0 Å². The van der Waals surface area contributed by atoms with E-state index in [2.05, 4.69) is 20.3 Å². The summed E-state index contributed by atoms with van der Waals surface area (Å²) in [6.07, 6.45) is 3.84. The first kappa shape index (κ1) is 19.9. The third-order valence-corrected chi connectivity index (χ3v) is 4.87. The number of nitrogens with zero attached hydrogens (tertiary/aromatic N) is 5. The zero-order chi connectivity index (χ0) is 21.8. The van der Waals surface area contributed by atoms with Crippen molar-refractivity contribution in [1.29, 1.82) is 10.5 Å². The largest absolute Gasteiger partial charge is 0.431 e. The zero-order valence-corrected chi connectivity index (χ0v) is 16.3. The van der Waals surface area contributed by atoms with Gasteiger partial charge in [-0.1, -0.05) is 0 Å². The molecule has 0 radical (unpaired) electrons. The molecule has 7 nitrogen and oxygen atoms in total. The van der Waals surface area contributed by atoms with Crippen molar-refractivity contribution in [2.45, 2.75) is 0 Å². The summed E-state index contributed by atoms with van der Waals surface area (Å²) in [6, 6.07) is 10.7. The number of rotatable bonds is 5. The molecule has 150 valence electrons. The van der Waals surface area contributed by atoms with Crippen LogP contribution in [0.1, 0.15) is 11.3 Å². The van der Waals surface area contributed by atoms with E-state index in [0.29, 0.717) is 15.9 Å². The van der Waals surface area contributed by atoms with Crippen molar-refractivity contribution in [3.63, 3.8) is 0 Å². The van der Waals surface area contributed by atoms with Crippen LogP contribution in [0, 0.1) is 34.3 Å². The van der Waals surface area contributed by atoms with Crippen LogP contribution in [0.25, 0.3) is 16.3 Å². The van der Waals surface area contributed by atoms with E-state index in [1.54, 1.807) is 23.6 Å². The Morgan fingerprint density at radius 1 is 1.10 bits per heavy atom. The maximum absolute atomic E-state index is 14.5. The molecule has 0 saturated carbocycles. The van der Waals surface area contributed by atoms with Crippen molar-refractivity contribution < 1.29 is 13.5 Å². The van der Waals surface area contributed by atoms with Crippen LogP contribution in [0.4, 0.5) is 20.4 Å². The molecule has 31 heavy (non-hydrogen) atoms. The van der Waals surface area contributed by atoms with E-state index in [-0.39, 0.29) is 23.1 Å². The van der Waals surface area contributed by atoms with Gasteiger partial charge in [0, 0.05) is 6.08 Å². The van der Waals surface area contributed by atoms with Gasteiger partial charge in [0.1, 0.15) is 16.5 Å². The normalized spacial score (nSPS) is 10.7. The second kappa shape index (κ2) is 8.53. The molecular formula is C21H10F2N6OS. The topological polar surface area (TPSA) is 108 Å². The second-order valence-corrected chi connectivity index (χ2v) is 6.95. The van der Waals surface area contributed by atoms with E-state index in [1.807, 2.05) is 6.07 Å². The number of anilines is 2. The Kier molecular flexibility index (Phi) is 5.47. The lowest BCUT2D eigenvalue weighted by Crippen LogP contribution is -2.01. The predicted octanol–water partition coefficient (Wildman–Crippen LogP) is 5.31. The summed E-state index contributed by atoms with van der Waals surface area (Å²) in [5.74, 6) is -2.39. The summed E-state index contributed by atoms with van der Waals surface area (Å²) in [5, 5.41) is 22.1. The average molecular weight is 432 g/mol. The lowest BCUT2D eigenvalue weighted by atomic mass is 10.2. The smallest absolute Gasteiger partial charge is 0.242 e. The number of pyridine rings is 1. The van der Waals surface area contributed by atoms with Crippen LogP contribution in [0.5, 0.6) is 11.6 Å². The summed E-state index contributed by atoms with van der Waals surface area (Å²) in [7, 11) is 0. The first-order valence-corrected chi connectivity index (χ1v) is 9.57. The molecule has 3 heterocycles. The summed E-state index contributed by atoms with van der Waals surface area (Å²) < 4.78 is 35.0. The Morgan fingerprint density at radius 2 is 1.90 bits per heavy atom. The van der Waals surface area contributed by atoms with Crippen LogP contribution in [0.15, 0.2) is 48.0 Å². The van der Waals surface area contributed by atoms with Gasteiger partial charge < -0.3 is 10.1 Å². The van der Waals surface area contributed by atoms with Gasteiger partial charge in [0.2, 0.25) is 17.6 Å². The molecule has 10 heteroatoms. The third-order valence-electron chi connectivity index (χ3n) is 3.98. The molecular weight excluding hydrogens is 422 g/mol. The number of nitriles is 2. The van der Waals surface area contributed by atoms with Crippen LogP contribution >= 0.6 is 11.3 Å². The molecule has 0 atom stereocenters. The van der Waals surface area contributed by atoms with Crippen molar-refractivity contribution in [3.8, 4) is 23.8 Å². The van der Waals surface area contributed by atoms with Gasteiger partial charge in [-0.05, 0) is 47.4 Å². The van der Waals surface area contributed by atoms with E-state index in [9.17, 15) is 8.78 Å². The SMILES string of the molecule is N#C/C=C/c1cc(F)c(Oc2nc(Nc3ccc(C#N)nc3)nc3ccsc23)c(F)c1. The number of hydrogen-bond acceptors (Lipinski definition) is 8. The van der Waals surface area contributed by atoms with Crippen LogP contribution in [-0.4, -0.2) is 15.0 Å². The van der Waals surface area contributed by atoms with E-state index >= 15 is 0 Å². The molecule has 0 bridgehead atoms. The molecule has 0 unspecified atom stereocenters. The average Bonchev–Trinajstić information content (AvgIpc) is 3.24. The fourth-order valence-electron chi connectivity index (χ4n) is 2.63. The Balaban J connectivity index is 1.69. The number of nitrogens with one attached hydrogen (secondary N) is 1. The Labute approximate surface area is 178 Å². The minimum Gasteiger partial charge on any atom is -0.431 e. The highest BCUT2D eigenvalue weighted by molar-refractivity contribution is 7.17. The van der Waals surface area contributed by atoms with E-state index < -0.39 is 17.4 Å². The number of benzene rings is 1. The lowest BCUT2D eigenvalue weighted by molar-refractivity contribution is 0.400. The first-order chi connectivity index (χ1) is 15.1. The van der Waals surface area contributed by atoms with Crippen LogP contribution in [0.2, 0.25) is 0 Å². The quantitative estimate of drug-likeness (QED) is 0.426. The number of ether oxygens (including phenoxy) is 1. The third kappa shape index (κ3) is 4.29. The number of fused-ring (bicyclic) bond motifs is 1. The molecule has 1 N–H and O–H groups in total. The maximum atomic E-state index is 14.5. The van der Waals surface area contributed by atoms with E-state index in [4.69, 9.17) is 15.3 Å². The van der Waals surface area contributed by atoms with Gasteiger partial charge in [0.05, 0.1) is 23.5 Å². The highest BCUT2D eigenvalue weighted by Gasteiger charge is 2.18. The summed E-state index contributed by atoms with van der Waals surface area (Å²) >= 11 is 1.26. The molecule has 4 rings (SSSR count). The van der Waals surface area contributed by atoms with Crippen molar-refractivity contribution >= 4 is 39.3 Å². The molecule has 3 aromatic heterocycles. The lowest BCUT2D eigenvalue weighted by Gasteiger charge is -2.11. The van der Waals surface area contributed by atoms with Crippen molar-refractivity contribution in [3.05, 3.63) is 70.9 Å².